The van der Waals surface area contributed by atoms with Crippen molar-refractivity contribution in [2.45, 2.75) is 70.0 Å². The third-order valence-electron chi connectivity index (χ3n) is 7.13. The minimum Gasteiger partial charge on any atom is -0.454 e. The van der Waals surface area contributed by atoms with Crippen LogP contribution >= 0.6 is 0 Å². The fraction of sp³-hybridized carbons (Fsp3) is 0.444. The zero-order valence-electron chi connectivity index (χ0n) is 19.9. The van der Waals surface area contributed by atoms with E-state index in [-0.39, 0.29) is 12.8 Å². The van der Waals surface area contributed by atoms with E-state index < -0.39 is 0 Å². The molecular weight excluding hydrogens is 440 g/mol. The van der Waals surface area contributed by atoms with Crippen molar-refractivity contribution in [3.63, 3.8) is 0 Å². The molecule has 0 spiro atoms. The number of anilines is 3. The highest BCUT2D eigenvalue weighted by atomic mass is 16.7. The Kier molecular flexibility index (Phi) is 6.26. The maximum absolute atomic E-state index is 5.52. The van der Waals surface area contributed by atoms with Gasteiger partial charge in [0, 0.05) is 12.6 Å². The highest BCUT2D eigenvalue weighted by Crippen LogP contribution is 2.33. The zero-order chi connectivity index (χ0) is 23.5. The van der Waals surface area contributed by atoms with Crippen LogP contribution in [0.3, 0.4) is 0 Å². The molecular formula is C27H32N6O2. The average molecular weight is 473 g/mol. The second-order valence-electron chi connectivity index (χ2n) is 9.61. The number of aryl methyl sites for hydroxylation is 1. The maximum atomic E-state index is 5.52. The van der Waals surface area contributed by atoms with Gasteiger partial charge in [0.05, 0.1) is 6.04 Å². The molecule has 2 aliphatic carbocycles. The van der Waals surface area contributed by atoms with E-state index in [1.807, 2.05) is 18.2 Å². The van der Waals surface area contributed by atoms with Crippen LogP contribution in [0.1, 0.15) is 67.7 Å². The number of fused-ring (bicyclic) bond motifs is 2. The van der Waals surface area contributed by atoms with Gasteiger partial charge in [0.15, 0.2) is 11.5 Å². The Labute approximate surface area is 205 Å². The smallest absolute Gasteiger partial charge is 0.231 e. The molecule has 35 heavy (non-hydrogen) atoms. The van der Waals surface area contributed by atoms with Crippen LogP contribution in [0.15, 0.2) is 42.5 Å². The predicted octanol–water partition coefficient (Wildman–Crippen LogP) is 5.45. The maximum Gasteiger partial charge on any atom is 0.231 e. The molecule has 3 aromatic rings. The quantitative estimate of drug-likeness (QED) is 0.418. The van der Waals surface area contributed by atoms with E-state index in [1.165, 1.54) is 30.4 Å². The van der Waals surface area contributed by atoms with Crippen molar-refractivity contribution in [2.75, 3.05) is 22.7 Å². The number of nitrogens with one attached hydrogen (secondary N) is 3. The molecule has 1 aliphatic heterocycles. The minimum absolute atomic E-state index is 0.201. The molecule has 1 aromatic heterocycles. The van der Waals surface area contributed by atoms with Crippen LogP contribution in [-0.2, 0) is 13.0 Å². The van der Waals surface area contributed by atoms with E-state index in [0.717, 1.165) is 49.2 Å². The molecule has 1 atom stereocenters. The lowest BCUT2D eigenvalue weighted by atomic mass is 9.88. The van der Waals surface area contributed by atoms with E-state index in [0.29, 0.717) is 30.4 Å². The summed E-state index contributed by atoms with van der Waals surface area (Å²) >= 11 is 0. The summed E-state index contributed by atoms with van der Waals surface area (Å²) in [5.41, 5.74) is 3.83. The van der Waals surface area contributed by atoms with E-state index in [4.69, 9.17) is 24.4 Å². The molecule has 8 nitrogen and oxygen atoms in total. The molecule has 2 aromatic carbocycles. The van der Waals surface area contributed by atoms with Crippen LogP contribution < -0.4 is 25.4 Å². The molecule has 8 heteroatoms. The summed E-state index contributed by atoms with van der Waals surface area (Å²) in [6.07, 6.45) is 9.48. The van der Waals surface area contributed by atoms with Crippen LogP contribution in [0, 0.1) is 0 Å². The van der Waals surface area contributed by atoms with Crippen molar-refractivity contribution in [1.29, 1.82) is 0 Å². The van der Waals surface area contributed by atoms with Crippen molar-refractivity contribution >= 4 is 17.8 Å². The van der Waals surface area contributed by atoms with Crippen LogP contribution in [0.4, 0.5) is 17.8 Å². The van der Waals surface area contributed by atoms with E-state index in [1.54, 1.807) is 0 Å². The molecule has 2 heterocycles. The Bertz CT molecular complexity index is 1180. The van der Waals surface area contributed by atoms with E-state index in [2.05, 4.69) is 40.2 Å². The van der Waals surface area contributed by atoms with Gasteiger partial charge in [-0.25, -0.2) is 0 Å². The monoisotopic (exact) mass is 472 g/mol. The molecule has 0 amide bonds. The molecule has 1 fully saturated rings. The average Bonchev–Trinajstić information content (AvgIpc) is 3.36. The van der Waals surface area contributed by atoms with Gasteiger partial charge in [0.1, 0.15) is 0 Å². The molecule has 0 bridgehead atoms. The number of rotatable bonds is 7. The van der Waals surface area contributed by atoms with Crippen LogP contribution in [0.2, 0.25) is 0 Å². The van der Waals surface area contributed by atoms with Crippen LogP contribution in [0.25, 0.3) is 0 Å². The van der Waals surface area contributed by atoms with Gasteiger partial charge in [-0.1, -0.05) is 49.6 Å². The fourth-order valence-corrected chi connectivity index (χ4v) is 5.31. The summed E-state index contributed by atoms with van der Waals surface area (Å²) in [5, 5.41) is 10.6. The van der Waals surface area contributed by atoms with Crippen molar-refractivity contribution in [1.82, 2.24) is 15.0 Å². The topological polar surface area (TPSA) is 93.2 Å². The van der Waals surface area contributed by atoms with Crippen molar-refractivity contribution < 1.29 is 9.47 Å². The van der Waals surface area contributed by atoms with Gasteiger partial charge in [-0.15, -0.1) is 0 Å². The summed E-state index contributed by atoms with van der Waals surface area (Å²) in [5.74, 6) is 3.35. The van der Waals surface area contributed by atoms with Gasteiger partial charge in [-0.05, 0) is 60.9 Å². The Morgan fingerprint density at radius 2 is 1.57 bits per heavy atom. The van der Waals surface area contributed by atoms with Gasteiger partial charge in [0.2, 0.25) is 24.6 Å². The highest BCUT2D eigenvalue weighted by molar-refractivity contribution is 5.48. The van der Waals surface area contributed by atoms with Gasteiger partial charge >= 0.3 is 0 Å². The third-order valence-corrected chi connectivity index (χ3v) is 7.13. The fourth-order valence-electron chi connectivity index (χ4n) is 5.31. The van der Waals surface area contributed by atoms with Gasteiger partial charge in [0.25, 0.3) is 0 Å². The van der Waals surface area contributed by atoms with Crippen LogP contribution in [0.5, 0.6) is 11.5 Å². The molecule has 6 rings (SSSR count). The lowest BCUT2D eigenvalue weighted by Crippen LogP contribution is -2.25. The SMILES string of the molecule is c1ccc2c(c1)CCCC2Nc1nc(NCc2ccc3c(c2)OCO3)nc(NC2CCCCC2)n1. The van der Waals surface area contributed by atoms with Gasteiger partial charge in [-0.3, -0.25) is 0 Å². The summed E-state index contributed by atoms with van der Waals surface area (Å²) in [7, 11) is 0. The summed E-state index contributed by atoms with van der Waals surface area (Å²) in [4.78, 5) is 14.2. The molecule has 1 unspecified atom stereocenters. The second-order valence-corrected chi connectivity index (χ2v) is 9.61. The molecule has 1 saturated carbocycles. The van der Waals surface area contributed by atoms with Gasteiger partial charge in [-0.2, -0.15) is 15.0 Å². The number of ether oxygens (including phenoxy) is 2. The Morgan fingerprint density at radius 3 is 2.49 bits per heavy atom. The first kappa shape index (κ1) is 21.9. The van der Waals surface area contributed by atoms with Crippen molar-refractivity contribution in [3.05, 3.63) is 59.2 Å². The standard InChI is InChI=1S/C27H32N6O2/c1-2-9-20(10-3-1)29-26-31-25(28-16-18-13-14-23-24(15-18)35-17-34-23)32-27(33-26)30-22-12-6-8-19-7-4-5-11-21(19)22/h4-5,7,11,13-15,20,22H,1-3,6,8-10,12,16-17H2,(H3,28,29,30,31,32,33). The third kappa shape index (κ3) is 5.11. The first-order valence-electron chi connectivity index (χ1n) is 12.8. The Hall–Kier alpha value is -3.55. The number of aromatic nitrogens is 3. The lowest BCUT2D eigenvalue weighted by Gasteiger charge is -2.27. The van der Waals surface area contributed by atoms with Crippen LogP contribution in [-0.4, -0.2) is 27.8 Å². The minimum atomic E-state index is 0.201. The summed E-state index contributed by atoms with van der Waals surface area (Å²) in [6.45, 7) is 0.852. The first-order valence-corrected chi connectivity index (χ1v) is 12.8. The number of hydrogen-bond acceptors (Lipinski definition) is 8. The Morgan fingerprint density at radius 1 is 0.771 bits per heavy atom. The molecule has 3 N–H and O–H groups in total. The van der Waals surface area contributed by atoms with E-state index in [9.17, 15) is 0 Å². The number of hydrogen-bond donors (Lipinski definition) is 3. The predicted molar refractivity (Wildman–Crippen MR) is 136 cm³/mol. The number of benzene rings is 2. The molecule has 182 valence electrons. The molecule has 3 aliphatic rings. The Balaban J connectivity index is 1.22. The number of nitrogens with zero attached hydrogens (tertiary/aromatic N) is 3. The first-order chi connectivity index (χ1) is 17.3. The van der Waals surface area contributed by atoms with Crippen molar-refractivity contribution in [3.8, 4) is 11.5 Å². The van der Waals surface area contributed by atoms with Gasteiger partial charge < -0.3 is 25.4 Å². The zero-order valence-corrected chi connectivity index (χ0v) is 19.9. The summed E-state index contributed by atoms with van der Waals surface area (Å²) < 4.78 is 10.9. The van der Waals surface area contributed by atoms with Crippen molar-refractivity contribution in [2.24, 2.45) is 0 Å². The summed E-state index contributed by atoms with van der Waals surface area (Å²) in [6, 6.07) is 15.3. The largest absolute Gasteiger partial charge is 0.454 e. The lowest BCUT2D eigenvalue weighted by molar-refractivity contribution is 0.174. The molecule has 0 saturated heterocycles. The normalized spacial score (nSPS) is 19.1. The molecule has 0 radical (unpaired) electrons. The highest BCUT2D eigenvalue weighted by Gasteiger charge is 2.22. The van der Waals surface area contributed by atoms with E-state index >= 15 is 0 Å². The second kappa shape index (κ2) is 9.98.